The van der Waals surface area contributed by atoms with Crippen molar-refractivity contribution in [1.82, 2.24) is 0 Å². The second-order valence-electron chi connectivity index (χ2n) is 2.11. The summed E-state index contributed by atoms with van der Waals surface area (Å²) in [4.78, 5) is 0. The average Bonchev–Trinajstić information content (AvgIpc) is 2.23. The predicted molar refractivity (Wildman–Crippen MR) is 70.5 cm³/mol. The topological polar surface area (TPSA) is 0 Å². The molecule has 0 bridgehead atoms. The van der Waals surface area contributed by atoms with E-state index in [0.717, 1.165) is 5.57 Å². The minimum absolute atomic E-state index is 1.15. The van der Waals surface area contributed by atoms with Crippen LogP contribution < -0.4 is 0 Å². The first-order valence-corrected chi connectivity index (χ1v) is 4.88. The first-order chi connectivity index (χ1) is 6.72. The molecule has 0 aromatic heterocycles. The van der Waals surface area contributed by atoms with E-state index in [0.29, 0.717) is 0 Å². The van der Waals surface area contributed by atoms with Crippen LogP contribution >= 0.6 is 0 Å². The lowest BCUT2D eigenvalue weighted by molar-refractivity contribution is 1.50. The molecule has 0 rings (SSSR count). The Kier molecular flexibility index (Phi) is 29.8. The molecular weight excluding hydrogens is 168 g/mol. The third-order valence-corrected chi connectivity index (χ3v) is 1.03. The minimum Gasteiger partial charge on any atom is -0.0991 e. The maximum atomic E-state index is 3.56. The second-order valence-corrected chi connectivity index (χ2v) is 2.11. The molecule has 80 valence electrons. The monoisotopic (exact) mass is 192 g/mol. The molecule has 0 fully saturated rings. The van der Waals surface area contributed by atoms with Crippen LogP contribution in [0.2, 0.25) is 0 Å². The standard InChI is InChI=1S/C7H10.C5H8.C2H6/c1-4-6-7(3)5-2;1-3-5-4-2;1-2/h4-6H,1-2H2,3H3;3-5H,1H2,2H3;1-2H3/b7-6-;5-4-;. The Morgan fingerprint density at radius 3 is 1.57 bits per heavy atom. The van der Waals surface area contributed by atoms with Crippen molar-refractivity contribution in [3.8, 4) is 0 Å². The van der Waals surface area contributed by atoms with Crippen molar-refractivity contribution >= 4 is 0 Å². The smallest absolute Gasteiger partial charge is 0.0398 e. The largest absolute Gasteiger partial charge is 0.0991 e. The van der Waals surface area contributed by atoms with Gasteiger partial charge in [-0.1, -0.05) is 75.6 Å². The van der Waals surface area contributed by atoms with Gasteiger partial charge >= 0.3 is 0 Å². The molecule has 0 aromatic carbocycles. The Morgan fingerprint density at radius 1 is 1.00 bits per heavy atom. The van der Waals surface area contributed by atoms with Gasteiger partial charge in [-0.3, -0.25) is 0 Å². The summed E-state index contributed by atoms with van der Waals surface area (Å²) in [6.45, 7) is 18.5. The van der Waals surface area contributed by atoms with Gasteiger partial charge in [0.2, 0.25) is 0 Å². The fourth-order valence-electron chi connectivity index (χ4n) is 0.390. The highest BCUT2D eigenvalue weighted by Gasteiger charge is 1.68. The van der Waals surface area contributed by atoms with E-state index in [1.165, 1.54) is 0 Å². The van der Waals surface area contributed by atoms with E-state index in [4.69, 9.17) is 0 Å². The molecule has 0 aliphatic carbocycles. The lowest BCUT2D eigenvalue weighted by Crippen LogP contribution is -1.58. The maximum absolute atomic E-state index is 3.56. The summed E-state index contributed by atoms with van der Waals surface area (Å²) >= 11 is 0. The summed E-state index contributed by atoms with van der Waals surface area (Å²) in [5.74, 6) is 0. The van der Waals surface area contributed by atoms with Gasteiger partial charge < -0.3 is 0 Å². The summed E-state index contributed by atoms with van der Waals surface area (Å²) in [6, 6.07) is 0. The van der Waals surface area contributed by atoms with Gasteiger partial charge in [0.25, 0.3) is 0 Å². The number of allylic oxidation sites excluding steroid dienone is 7. The van der Waals surface area contributed by atoms with Gasteiger partial charge in [0.1, 0.15) is 0 Å². The van der Waals surface area contributed by atoms with Crippen LogP contribution in [0.4, 0.5) is 0 Å². The van der Waals surface area contributed by atoms with Crippen molar-refractivity contribution in [1.29, 1.82) is 0 Å². The second kappa shape index (κ2) is 22.6. The Balaban J connectivity index is -0.000000152. The van der Waals surface area contributed by atoms with Gasteiger partial charge in [-0.15, -0.1) is 0 Å². The molecule has 0 radical (unpaired) electrons. The first-order valence-electron chi connectivity index (χ1n) is 4.88. The molecule has 0 spiro atoms. The highest BCUT2D eigenvalue weighted by Crippen LogP contribution is 1.90. The molecule has 0 N–H and O–H groups in total. The van der Waals surface area contributed by atoms with Crippen LogP contribution in [0.5, 0.6) is 0 Å². The molecule has 0 heterocycles. The normalized spacial score (nSPS) is 9.00. The number of hydrogen-bond donors (Lipinski definition) is 0. The van der Waals surface area contributed by atoms with Crippen molar-refractivity contribution < 1.29 is 0 Å². The van der Waals surface area contributed by atoms with E-state index in [1.54, 1.807) is 18.2 Å². The van der Waals surface area contributed by atoms with Gasteiger partial charge in [0.15, 0.2) is 0 Å². The first kappa shape index (κ1) is 18.5. The van der Waals surface area contributed by atoms with Crippen LogP contribution in [0.25, 0.3) is 0 Å². The molecule has 0 aromatic rings. The molecule has 0 heteroatoms. The SMILES string of the molecule is C=C/C=C(/C)C=C.C=C/C=C\C.CC. The summed E-state index contributed by atoms with van der Waals surface area (Å²) in [5.41, 5.74) is 1.15. The van der Waals surface area contributed by atoms with E-state index >= 15 is 0 Å². The number of rotatable bonds is 3. The molecule has 0 amide bonds. The van der Waals surface area contributed by atoms with Crippen molar-refractivity contribution in [2.45, 2.75) is 27.7 Å². The third-order valence-electron chi connectivity index (χ3n) is 1.03. The van der Waals surface area contributed by atoms with Crippen molar-refractivity contribution in [2.24, 2.45) is 0 Å². The van der Waals surface area contributed by atoms with Crippen LogP contribution in [0.3, 0.4) is 0 Å². The Hall–Kier alpha value is -1.30. The molecular formula is C14H24. The van der Waals surface area contributed by atoms with E-state index in [1.807, 2.05) is 45.9 Å². The Labute approximate surface area is 90.0 Å². The lowest BCUT2D eigenvalue weighted by atomic mass is 10.3. The third kappa shape index (κ3) is 31.0. The maximum Gasteiger partial charge on any atom is -0.0398 e. The quantitative estimate of drug-likeness (QED) is 0.547. The zero-order valence-corrected chi connectivity index (χ0v) is 10.1. The van der Waals surface area contributed by atoms with Crippen LogP contribution in [-0.4, -0.2) is 0 Å². The van der Waals surface area contributed by atoms with Gasteiger partial charge in [-0.05, 0) is 13.8 Å². The molecule has 0 saturated heterocycles. The van der Waals surface area contributed by atoms with E-state index in [2.05, 4.69) is 19.7 Å². The van der Waals surface area contributed by atoms with Crippen LogP contribution in [-0.2, 0) is 0 Å². The van der Waals surface area contributed by atoms with Gasteiger partial charge in [-0.2, -0.15) is 0 Å². The molecule has 14 heavy (non-hydrogen) atoms. The van der Waals surface area contributed by atoms with Gasteiger partial charge in [0.05, 0.1) is 0 Å². The van der Waals surface area contributed by atoms with E-state index < -0.39 is 0 Å². The van der Waals surface area contributed by atoms with Gasteiger partial charge in [0, 0.05) is 0 Å². The Bertz CT molecular complexity index is 180. The summed E-state index contributed by atoms with van der Waals surface area (Å²) in [5, 5.41) is 0. The minimum atomic E-state index is 1.15. The molecule has 0 saturated carbocycles. The fraction of sp³-hybridized carbons (Fsp3) is 0.286. The van der Waals surface area contributed by atoms with Gasteiger partial charge in [-0.25, -0.2) is 0 Å². The summed E-state index contributed by atoms with van der Waals surface area (Å²) in [7, 11) is 0. The lowest BCUT2D eigenvalue weighted by Gasteiger charge is -1.80. The van der Waals surface area contributed by atoms with Crippen LogP contribution in [0.1, 0.15) is 27.7 Å². The van der Waals surface area contributed by atoms with E-state index in [-0.39, 0.29) is 0 Å². The molecule has 0 aliphatic heterocycles. The molecule has 0 atom stereocenters. The van der Waals surface area contributed by atoms with E-state index in [9.17, 15) is 0 Å². The zero-order chi connectivity index (χ0) is 11.8. The number of hydrogen-bond acceptors (Lipinski definition) is 0. The highest BCUT2D eigenvalue weighted by atomic mass is 13.8. The van der Waals surface area contributed by atoms with Crippen molar-refractivity contribution in [2.75, 3.05) is 0 Å². The molecule has 0 aliphatic rings. The average molecular weight is 192 g/mol. The van der Waals surface area contributed by atoms with Crippen LogP contribution in [0.15, 0.2) is 61.8 Å². The van der Waals surface area contributed by atoms with Crippen molar-refractivity contribution in [3.63, 3.8) is 0 Å². The highest BCUT2D eigenvalue weighted by molar-refractivity contribution is 5.17. The predicted octanol–water partition coefficient (Wildman–Crippen LogP) is 5.08. The summed E-state index contributed by atoms with van der Waals surface area (Å²) < 4.78 is 0. The molecule has 0 nitrogen and oxygen atoms in total. The zero-order valence-electron chi connectivity index (χ0n) is 10.1. The van der Waals surface area contributed by atoms with Crippen LogP contribution in [0, 0.1) is 0 Å². The summed E-state index contributed by atoms with van der Waals surface area (Å²) in [6.07, 6.45) is 11.0. The Morgan fingerprint density at radius 2 is 1.50 bits per heavy atom. The molecule has 0 unspecified atom stereocenters. The van der Waals surface area contributed by atoms with Crippen molar-refractivity contribution in [3.05, 3.63) is 61.8 Å². The fourth-order valence-corrected chi connectivity index (χ4v) is 0.390.